The molecule has 2 saturated carbocycles. The first-order valence-electron chi connectivity index (χ1n) is 8.96. The molecule has 0 aromatic carbocycles. The molecule has 0 spiro atoms. The van der Waals surface area contributed by atoms with Gasteiger partial charge in [0.15, 0.2) is 5.78 Å². The maximum absolute atomic E-state index is 12.8. The van der Waals surface area contributed by atoms with Crippen molar-refractivity contribution >= 4 is 11.6 Å². The van der Waals surface area contributed by atoms with Gasteiger partial charge in [-0.05, 0) is 53.9 Å². The fraction of sp³-hybridized carbons (Fsp3) is 0.800. The smallest absolute Gasteiger partial charge is 0.159 e. The van der Waals surface area contributed by atoms with E-state index in [0.717, 1.165) is 18.4 Å². The van der Waals surface area contributed by atoms with E-state index in [2.05, 4.69) is 40.7 Å². The first kappa shape index (κ1) is 16.0. The van der Waals surface area contributed by atoms with E-state index in [1.54, 1.807) is 0 Å². The Bertz CT molecular complexity index is 540. The van der Waals surface area contributed by atoms with E-state index < -0.39 is 0 Å². The van der Waals surface area contributed by atoms with Crippen LogP contribution in [0.3, 0.4) is 0 Å². The number of carbonyl (C=O) groups is 2. The highest BCUT2D eigenvalue weighted by Crippen LogP contribution is 2.61. The summed E-state index contributed by atoms with van der Waals surface area (Å²) in [5.41, 5.74) is 0.885. The lowest BCUT2D eigenvalue weighted by atomic mass is 9.45. The molecule has 2 fully saturated rings. The molecule has 22 heavy (non-hydrogen) atoms. The minimum atomic E-state index is -0.344. The Morgan fingerprint density at radius 1 is 1.14 bits per heavy atom. The van der Waals surface area contributed by atoms with E-state index in [4.69, 9.17) is 0 Å². The van der Waals surface area contributed by atoms with E-state index in [0.29, 0.717) is 42.2 Å². The molecule has 122 valence electrons. The lowest BCUT2D eigenvalue weighted by Crippen LogP contribution is -2.55. The Balaban J connectivity index is 2.01. The zero-order chi connectivity index (χ0) is 16.3. The Hall–Kier alpha value is -0.920. The number of rotatable bonds is 1. The predicted octanol–water partition coefficient (Wildman–Crippen LogP) is 4.58. The average molecular weight is 302 g/mol. The molecule has 0 bridgehead atoms. The van der Waals surface area contributed by atoms with Crippen LogP contribution in [0.25, 0.3) is 0 Å². The van der Waals surface area contributed by atoms with Crippen LogP contribution >= 0.6 is 0 Å². The highest BCUT2D eigenvalue weighted by molar-refractivity contribution is 5.98. The Morgan fingerprint density at radius 2 is 1.82 bits per heavy atom. The molecule has 0 radical (unpaired) electrons. The van der Waals surface area contributed by atoms with Gasteiger partial charge in [-0.2, -0.15) is 0 Å². The monoisotopic (exact) mass is 302 g/mol. The minimum Gasteiger partial charge on any atom is -0.299 e. The topological polar surface area (TPSA) is 34.1 Å². The van der Waals surface area contributed by atoms with E-state index in [1.165, 1.54) is 6.42 Å². The summed E-state index contributed by atoms with van der Waals surface area (Å²) in [7, 11) is 0. The minimum absolute atomic E-state index is 0.124. The van der Waals surface area contributed by atoms with Crippen LogP contribution in [0.1, 0.15) is 66.7 Å². The van der Waals surface area contributed by atoms with Crippen molar-refractivity contribution in [2.75, 3.05) is 0 Å². The van der Waals surface area contributed by atoms with Crippen LogP contribution < -0.4 is 0 Å². The number of Topliss-reactive ketones (excluding diaryl/α,β-unsaturated/α-hetero) is 2. The second-order valence-corrected chi connectivity index (χ2v) is 8.99. The molecule has 0 aromatic rings. The van der Waals surface area contributed by atoms with Crippen molar-refractivity contribution in [1.29, 1.82) is 0 Å². The van der Waals surface area contributed by atoms with Crippen LogP contribution in [-0.2, 0) is 9.59 Å². The SMILES string of the molecule is CC(C)[C@@H]1C=C2C(=O)C[C@H]3C(C)(C)C(=O)CC[C@]3(C)[C@H]2CC1. The molecule has 0 heterocycles. The zero-order valence-corrected chi connectivity index (χ0v) is 14.7. The van der Waals surface area contributed by atoms with Crippen molar-refractivity contribution in [2.45, 2.75) is 66.7 Å². The van der Waals surface area contributed by atoms with Crippen molar-refractivity contribution in [3.05, 3.63) is 11.6 Å². The molecule has 0 saturated heterocycles. The quantitative estimate of drug-likeness (QED) is 0.710. The maximum Gasteiger partial charge on any atom is 0.159 e. The summed E-state index contributed by atoms with van der Waals surface area (Å²) in [5.74, 6) is 2.42. The van der Waals surface area contributed by atoms with Gasteiger partial charge in [0, 0.05) is 18.3 Å². The summed E-state index contributed by atoms with van der Waals surface area (Å²) in [6, 6.07) is 0. The summed E-state index contributed by atoms with van der Waals surface area (Å²) in [5, 5.41) is 0. The largest absolute Gasteiger partial charge is 0.299 e. The molecule has 0 aliphatic heterocycles. The first-order chi connectivity index (χ1) is 10.2. The summed E-state index contributed by atoms with van der Waals surface area (Å²) in [6.45, 7) is 11.0. The summed E-state index contributed by atoms with van der Waals surface area (Å²) in [4.78, 5) is 25.2. The van der Waals surface area contributed by atoms with Crippen LogP contribution in [0.5, 0.6) is 0 Å². The van der Waals surface area contributed by atoms with Gasteiger partial charge in [0.25, 0.3) is 0 Å². The molecule has 3 aliphatic carbocycles. The van der Waals surface area contributed by atoms with Gasteiger partial charge in [0.05, 0.1) is 0 Å². The fourth-order valence-corrected chi connectivity index (χ4v) is 5.55. The van der Waals surface area contributed by atoms with E-state index in [9.17, 15) is 9.59 Å². The molecule has 2 heteroatoms. The number of allylic oxidation sites excluding steroid dienone is 2. The molecule has 0 N–H and O–H groups in total. The molecule has 3 aliphatic rings. The molecule has 0 unspecified atom stereocenters. The van der Waals surface area contributed by atoms with E-state index in [1.807, 2.05) is 0 Å². The Labute approximate surface area is 134 Å². The average Bonchev–Trinajstić information content (AvgIpc) is 2.46. The summed E-state index contributed by atoms with van der Waals surface area (Å²) in [6.07, 6.45) is 6.83. The van der Waals surface area contributed by atoms with Gasteiger partial charge in [0.2, 0.25) is 0 Å². The first-order valence-corrected chi connectivity index (χ1v) is 8.96. The second kappa shape index (κ2) is 5.04. The summed E-state index contributed by atoms with van der Waals surface area (Å²) >= 11 is 0. The zero-order valence-electron chi connectivity index (χ0n) is 14.7. The molecular formula is C20H30O2. The number of ketones is 2. The van der Waals surface area contributed by atoms with Crippen molar-refractivity contribution < 1.29 is 9.59 Å². The number of carbonyl (C=O) groups excluding carboxylic acids is 2. The van der Waals surface area contributed by atoms with Crippen molar-refractivity contribution in [2.24, 2.45) is 34.5 Å². The van der Waals surface area contributed by atoms with Crippen molar-refractivity contribution in [1.82, 2.24) is 0 Å². The van der Waals surface area contributed by atoms with Gasteiger partial charge in [-0.25, -0.2) is 0 Å². The molecule has 0 aromatic heterocycles. The van der Waals surface area contributed by atoms with E-state index in [-0.39, 0.29) is 16.7 Å². The lowest BCUT2D eigenvalue weighted by molar-refractivity contribution is -0.149. The van der Waals surface area contributed by atoms with Crippen molar-refractivity contribution in [3.63, 3.8) is 0 Å². The van der Waals surface area contributed by atoms with Crippen LogP contribution in [0.4, 0.5) is 0 Å². The van der Waals surface area contributed by atoms with Gasteiger partial charge in [-0.1, -0.05) is 40.7 Å². The maximum atomic E-state index is 12.8. The van der Waals surface area contributed by atoms with Crippen LogP contribution in [0.15, 0.2) is 11.6 Å². The standard InChI is InChI=1S/C20H30O2/c1-12(2)13-6-7-15-14(10-13)16(21)11-17-19(3,4)18(22)8-9-20(15,17)5/h10,12-13,15,17H,6-9,11H2,1-5H3/t13-,15-,17-,20+/m0/s1. The summed E-state index contributed by atoms with van der Waals surface area (Å²) < 4.78 is 0. The third kappa shape index (κ3) is 2.13. The highest BCUT2D eigenvalue weighted by atomic mass is 16.1. The Kier molecular flexibility index (Phi) is 3.66. The van der Waals surface area contributed by atoms with Gasteiger partial charge in [-0.3, -0.25) is 9.59 Å². The predicted molar refractivity (Wildman–Crippen MR) is 88.4 cm³/mol. The molecule has 3 rings (SSSR count). The van der Waals surface area contributed by atoms with Crippen molar-refractivity contribution in [3.8, 4) is 0 Å². The molecule has 2 nitrogen and oxygen atoms in total. The third-order valence-corrected chi connectivity index (χ3v) is 7.20. The second-order valence-electron chi connectivity index (χ2n) is 8.99. The fourth-order valence-electron chi connectivity index (χ4n) is 5.55. The van der Waals surface area contributed by atoms with Gasteiger partial charge in [0.1, 0.15) is 5.78 Å². The molecule has 0 amide bonds. The third-order valence-electron chi connectivity index (χ3n) is 7.20. The van der Waals surface area contributed by atoms with Gasteiger partial charge in [-0.15, -0.1) is 0 Å². The lowest BCUT2D eigenvalue weighted by Gasteiger charge is -2.57. The number of hydrogen-bond donors (Lipinski definition) is 0. The van der Waals surface area contributed by atoms with Crippen LogP contribution in [0.2, 0.25) is 0 Å². The van der Waals surface area contributed by atoms with Gasteiger partial charge < -0.3 is 0 Å². The van der Waals surface area contributed by atoms with Crippen LogP contribution in [-0.4, -0.2) is 11.6 Å². The molecular weight excluding hydrogens is 272 g/mol. The number of hydrogen-bond acceptors (Lipinski definition) is 2. The molecule has 4 atom stereocenters. The Morgan fingerprint density at radius 3 is 2.45 bits per heavy atom. The van der Waals surface area contributed by atoms with Crippen LogP contribution in [0, 0.1) is 34.5 Å². The number of fused-ring (bicyclic) bond motifs is 3. The van der Waals surface area contributed by atoms with E-state index >= 15 is 0 Å². The van der Waals surface area contributed by atoms with Gasteiger partial charge >= 0.3 is 0 Å². The normalized spacial score (nSPS) is 41.0. The highest BCUT2D eigenvalue weighted by Gasteiger charge is 2.58.